The van der Waals surface area contributed by atoms with Crippen LogP contribution in [0.3, 0.4) is 0 Å². The van der Waals surface area contributed by atoms with Crippen molar-refractivity contribution in [3.05, 3.63) is 53.3 Å². The quantitative estimate of drug-likeness (QED) is 0.396. The number of carbonyl (C=O) groups excluding carboxylic acids is 3. The largest absolute Gasteiger partial charge is 0.497 e. The molecule has 3 aliphatic rings. The smallest absolute Gasteiger partial charge is 0.322 e. The van der Waals surface area contributed by atoms with Crippen LogP contribution in [-0.2, 0) is 21.6 Å². The van der Waals surface area contributed by atoms with Crippen LogP contribution in [0, 0.1) is 0 Å². The van der Waals surface area contributed by atoms with Crippen molar-refractivity contribution in [2.45, 2.75) is 25.9 Å². The number of benzene rings is 1. The molecule has 1 aromatic carbocycles. The Morgan fingerprint density at radius 2 is 1.80 bits per heavy atom. The van der Waals surface area contributed by atoms with Gasteiger partial charge in [0.15, 0.2) is 11.1 Å². The highest BCUT2D eigenvalue weighted by atomic mass is 16.5. The number of pyridine rings is 1. The van der Waals surface area contributed by atoms with Gasteiger partial charge in [0.2, 0.25) is 0 Å². The zero-order valence-corrected chi connectivity index (χ0v) is 23.9. The molecule has 2 N–H and O–H groups in total. The first kappa shape index (κ1) is 28.4. The van der Waals surface area contributed by atoms with Gasteiger partial charge < -0.3 is 29.0 Å². The first-order chi connectivity index (χ1) is 19.9. The number of imide groups is 1. The molecule has 1 unspecified atom stereocenters. The van der Waals surface area contributed by atoms with Crippen molar-refractivity contribution >= 4 is 34.8 Å². The van der Waals surface area contributed by atoms with Crippen LogP contribution in [0.25, 0.3) is 11.1 Å². The Kier molecular flexibility index (Phi) is 8.13. The highest BCUT2D eigenvalue weighted by Gasteiger charge is 2.53. The lowest BCUT2D eigenvalue weighted by atomic mass is 9.95. The zero-order valence-electron chi connectivity index (χ0n) is 23.9. The molecule has 0 aliphatic carbocycles. The molecule has 2 saturated heterocycles. The number of nitrogens with zero attached hydrogens (tertiary/aromatic N) is 4. The predicted molar refractivity (Wildman–Crippen MR) is 152 cm³/mol. The third-order valence-electron chi connectivity index (χ3n) is 7.65. The lowest BCUT2D eigenvalue weighted by molar-refractivity contribution is -0.125. The summed E-state index contributed by atoms with van der Waals surface area (Å²) < 4.78 is 16.5. The highest BCUT2D eigenvalue weighted by molar-refractivity contribution is 6.08. The van der Waals surface area contributed by atoms with Gasteiger partial charge >= 0.3 is 6.03 Å². The Morgan fingerprint density at radius 3 is 2.49 bits per heavy atom. The Morgan fingerprint density at radius 1 is 1.02 bits per heavy atom. The van der Waals surface area contributed by atoms with Gasteiger partial charge in [-0.15, -0.1) is 0 Å². The molecule has 3 aliphatic heterocycles. The third kappa shape index (κ3) is 5.32. The molecule has 41 heavy (non-hydrogen) atoms. The molecule has 4 amide bonds. The number of hydrogen-bond acceptors (Lipinski definition) is 9. The number of furan rings is 1. The highest BCUT2D eigenvalue weighted by Crippen LogP contribution is 2.35. The molecular weight excluding hydrogens is 528 g/mol. The molecule has 12 heteroatoms. The van der Waals surface area contributed by atoms with Crippen LogP contribution in [0.1, 0.15) is 35.5 Å². The van der Waals surface area contributed by atoms with E-state index < -0.39 is 17.5 Å². The van der Waals surface area contributed by atoms with Crippen LogP contribution in [0.2, 0.25) is 0 Å². The molecule has 3 aromatic rings. The molecule has 0 radical (unpaired) electrons. The van der Waals surface area contributed by atoms with Crippen molar-refractivity contribution in [2.75, 3.05) is 65.0 Å². The normalized spacial score (nSPS) is 20.5. The molecule has 2 aromatic heterocycles. The SMILES string of the molecule is CC.COCCN1CCN(c2ccc3oc(C4(CN5Cc6ccc(OC)cc6C5=O)NC(=O)NC4=O)cc3n2)CC1. The van der Waals surface area contributed by atoms with E-state index in [0.717, 1.165) is 44.1 Å². The monoisotopic (exact) mass is 564 g/mol. The number of nitrogens with one attached hydrogen (secondary N) is 2. The van der Waals surface area contributed by atoms with Crippen LogP contribution in [-0.4, -0.2) is 92.7 Å². The molecule has 2 fully saturated rings. The number of urea groups is 1. The van der Waals surface area contributed by atoms with E-state index in [1.807, 2.05) is 32.0 Å². The molecule has 5 heterocycles. The third-order valence-corrected chi connectivity index (χ3v) is 7.65. The average Bonchev–Trinajstić information content (AvgIpc) is 3.65. The summed E-state index contributed by atoms with van der Waals surface area (Å²) in [5.74, 6) is 0.769. The van der Waals surface area contributed by atoms with Gasteiger partial charge in [-0.1, -0.05) is 19.9 Å². The van der Waals surface area contributed by atoms with E-state index in [9.17, 15) is 14.4 Å². The summed E-state index contributed by atoms with van der Waals surface area (Å²) in [6.07, 6.45) is 0. The Bertz CT molecular complexity index is 1450. The number of methoxy groups -OCH3 is 2. The van der Waals surface area contributed by atoms with Crippen molar-refractivity contribution in [1.29, 1.82) is 0 Å². The van der Waals surface area contributed by atoms with Gasteiger partial charge in [0.25, 0.3) is 11.8 Å². The number of amides is 4. The summed E-state index contributed by atoms with van der Waals surface area (Å²) in [5, 5.41) is 5.04. The second-order valence-electron chi connectivity index (χ2n) is 9.98. The number of carbonyl (C=O) groups is 3. The van der Waals surface area contributed by atoms with Crippen LogP contribution in [0.5, 0.6) is 5.75 Å². The van der Waals surface area contributed by atoms with Gasteiger partial charge in [0.05, 0.1) is 20.3 Å². The van der Waals surface area contributed by atoms with Crippen molar-refractivity contribution < 1.29 is 28.3 Å². The zero-order chi connectivity index (χ0) is 29.1. The molecule has 0 spiro atoms. The Balaban J connectivity index is 0.00000165. The van der Waals surface area contributed by atoms with Crippen molar-refractivity contribution in [1.82, 2.24) is 25.4 Å². The van der Waals surface area contributed by atoms with Gasteiger partial charge in [0.1, 0.15) is 22.8 Å². The lowest BCUT2D eigenvalue weighted by Crippen LogP contribution is -2.52. The fourth-order valence-corrected chi connectivity index (χ4v) is 5.46. The summed E-state index contributed by atoms with van der Waals surface area (Å²) in [4.78, 5) is 49.7. The van der Waals surface area contributed by atoms with E-state index in [1.165, 1.54) is 12.0 Å². The minimum absolute atomic E-state index is 0.101. The molecular formula is C29H36N6O6. The first-order valence-corrected chi connectivity index (χ1v) is 13.9. The number of piperazine rings is 1. The van der Waals surface area contributed by atoms with Crippen molar-refractivity contribution in [3.8, 4) is 5.75 Å². The predicted octanol–water partition coefficient (Wildman–Crippen LogP) is 2.32. The molecule has 218 valence electrons. The number of ether oxygens (including phenoxy) is 2. The molecule has 12 nitrogen and oxygen atoms in total. The fraction of sp³-hybridized carbons (Fsp3) is 0.448. The summed E-state index contributed by atoms with van der Waals surface area (Å²) in [5.41, 5.74) is 0.790. The van der Waals surface area contributed by atoms with Gasteiger partial charge in [-0.2, -0.15) is 0 Å². The van der Waals surface area contributed by atoms with Crippen LogP contribution >= 0.6 is 0 Å². The summed E-state index contributed by atoms with van der Waals surface area (Å²) >= 11 is 0. The fourth-order valence-electron chi connectivity index (χ4n) is 5.46. The number of rotatable bonds is 8. The average molecular weight is 565 g/mol. The summed E-state index contributed by atoms with van der Waals surface area (Å²) in [7, 11) is 3.25. The molecule has 1 atom stereocenters. The first-order valence-electron chi connectivity index (χ1n) is 13.9. The van der Waals surface area contributed by atoms with Crippen LogP contribution in [0.15, 0.2) is 40.8 Å². The standard InChI is InChI=1S/C27H30N6O6.C2H6/c1-37-12-11-31-7-9-32(10-8-31)23-6-5-21-20(28-23)14-22(39-21)27(25(35)29-26(36)30-27)16-33-15-17-3-4-18(38-2)13-19(17)24(33)34;1-2/h3-6,13-14H,7-12,15-16H2,1-2H3,(H2,29,30,35,36);1-2H3. The summed E-state index contributed by atoms with van der Waals surface area (Å²) in [6.45, 7) is 9.28. The van der Waals surface area contributed by atoms with Crippen LogP contribution in [0.4, 0.5) is 10.6 Å². The van der Waals surface area contributed by atoms with Crippen LogP contribution < -0.4 is 20.3 Å². The van der Waals surface area contributed by atoms with Gasteiger partial charge in [-0.05, 0) is 29.8 Å². The Labute approximate surface area is 238 Å². The molecule has 6 rings (SSSR count). The van der Waals surface area contributed by atoms with Gasteiger partial charge in [0, 0.05) is 58.0 Å². The second kappa shape index (κ2) is 11.8. The number of fused-ring (bicyclic) bond motifs is 2. The molecule has 0 saturated carbocycles. The number of aromatic nitrogens is 1. The maximum absolute atomic E-state index is 13.3. The summed E-state index contributed by atoms with van der Waals surface area (Å²) in [6, 6.07) is 10.1. The second-order valence-corrected chi connectivity index (χ2v) is 9.98. The van der Waals surface area contributed by atoms with Crippen molar-refractivity contribution in [2.24, 2.45) is 0 Å². The maximum atomic E-state index is 13.3. The Hall–Kier alpha value is -4.16. The van der Waals surface area contributed by atoms with E-state index in [2.05, 4.69) is 20.4 Å². The molecule has 0 bridgehead atoms. The lowest BCUT2D eigenvalue weighted by Gasteiger charge is -2.35. The minimum Gasteiger partial charge on any atom is -0.497 e. The minimum atomic E-state index is -1.59. The van der Waals surface area contributed by atoms with Crippen molar-refractivity contribution in [3.63, 3.8) is 0 Å². The van der Waals surface area contributed by atoms with E-state index in [4.69, 9.17) is 18.9 Å². The maximum Gasteiger partial charge on any atom is 0.322 e. The van der Waals surface area contributed by atoms with Gasteiger partial charge in [-0.25, -0.2) is 9.78 Å². The number of hydrogen-bond donors (Lipinski definition) is 2. The van der Waals surface area contributed by atoms with Gasteiger partial charge in [-0.3, -0.25) is 19.8 Å². The van der Waals surface area contributed by atoms with E-state index in [1.54, 1.807) is 25.3 Å². The van der Waals surface area contributed by atoms with E-state index >= 15 is 0 Å². The number of anilines is 1. The van der Waals surface area contributed by atoms with E-state index in [-0.39, 0.29) is 18.2 Å². The topological polar surface area (TPSA) is 129 Å². The van der Waals surface area contributed by atoms with E-state index in [0.29, 0.717) is 35.6 Å².